The summed E-state index contributed by atoms with van der Waals surface area (Å²) in [5.41, 5.74) is 7.77. The van der Waals surface area contributed by atoms with Crippen molar-refractivity contribution in [1.82, 2.24) is 0 Å². The molecule has 0 aliphatic rings. The van der Waals surface area contributed by atoms with Crippen LogP contribution in [0, 0.1) is 34.6 Å². The first-order valence-electron chi connectivity index (χ1n) is 6.95. The standard InChI is InChI=1S/C18H20BrClO/c1-9-10(2)12(4)17(13(5)11(9)3)18(21)15-7-6-14(19)8-16(15)20/h6-8,18,21H,1-5H3. The molecule has 1 atom stereocenters. The van der Waals surface area contributed by atoms with Crippen molar-refractivity contribution in [3.8, 4) is 0 Å². The molecule has 0 saturated heterocycles. The van der Waals surface area contributed by atoms with Crippen molar-refractivity contribution in [2.45, 2.75) is 40.7 Å². The van der Waals surface area contributed by atoms with Crippen molar-refractivity contribution in [1.29, 1.82) is 0 Å². The van der Waals surface area contributed by atoms with Gasteiger partial charge in [0.05, 0.1) is 0 Å². The van der Waals surface area contributed by atoms with Crippen LogP contribution in [0.1, 0.15) is 45.0 Å². The SMILES string of the molecule is Cc1c(C)c(C)c(C(O)c2ccc(Br)cc2Cl)c(C)c1C. The monoisotopic (exact) mass is 366 g/mol. The molecule has 0 aromatic heterocycles. The van der Waals surface area contributed by atoms with E-state index in [2.05, 4.69) is 50.5 Å². The van der Waals surface area contributed by atoms with E-state index >= 15 is 0 Å². The summed E-state index contributed by atoms with van der Waals surface area (Å²) >= 11 is 9.70. The first kappa shape index (κ1) is 16.5. The second-order valence-corrected chi connectivity index (χ2v) is 6.93. The quantitative estimate of drug-likeness (QED) is 0.719. The number of benzene rings is 2. The highest BCUT2D eigenvalue weighted by Gasteiger charge is 2.21. The molecule has 1 N–H and O–H groups in total. The van der Waals surface area contributed by atoms with E-state index in [9.17, 15) is 5.11 Å². The zero-order valence-electron chi connectivity index (χ0n) is 13.0. The van der Waals surface area contributed by atoms with Gasteiger partial charge in [-0.2, -0.15) is 0 Å². The molecule has 0 heterocycles. The maximum absolute atomic E-state index is 10.9. The highest BCUT2D eigenvalue weighted by Crippen LogP contribution is 2.36. The zero-order chi connectivity index (χ0) is 15.9. The van der Waals surface area contributed by atoms with Gasteiger partial charge in [-0.05, 0) is 80.1 Å². The summed E-state index contributed by atoms with van der Waals surface area (Å²) in [5.74, 6) is 0. The lowest BCUT2D eigenvalue weighted by Crippen LogP contribution is -2.09. The fourth-order valence-electron chi connectivity index (χ4n) is 2.82. The third kappa shape index (κ3) is 2.90. The molecular formula is C18H20BrClO. The van der Waals surface area contributed by atoms with Gasteiger partial charge in [-0.15, -0.1) is 0 Å². The van der Waals surface area contributed by atoms with Crippen LogP contribution in [-0.4, -0.2) is 5.11 Å². The maximum Gasteiger partial charge on any atom is 0.106 e. The molecule has 0 spiro atoms. The van der Waals surface area contributed by atoms with Gasteiger partial charge in [-0.3, -0.25) is 0 Å². The van der Waals surface area contributed by atoms with Crippen LogP contribution < -0.4 is 0 Å². The predicted octanol–water partition coefficient (Wildman–Crippen LogP) is 5.73. The van der Waals surface area contributed by atoms with Crippen LogP contribution in [0.15, 0.2) is 22.7 Å². The van der Waals surface area contributed by atoms with Crippen LogP contribution in [0.25, 0.3) is 0 Å². The smallest absolute Gasteiger partial charge is 0.106 e. The molecule has 0 aliphatic carbocycles. The van der Waals surface area contributed by atoms with E-state index in [0.717, 1.165) is 26.7 Å². The molecular weight excluding hydrogens is 348 g/mol. The summed E-state index contributed by atoms with van der Waals surface area (Å²) in [5, 5.41) is 11.4. The average Bonchev–Trinajstić information content (AvgIpc) is 2.43. The van der Waals surface area contributed by atoms with Gasteiger partial charge in [0.15, 0.2) is 0 Å². The van der Waals surface area contributed by atoms with E-state index in [4.69, 9.17) is 11.6 Å². The van der Waals surface area contributed by atoms with Gasteiger partial charge in [-0.1, -0.05) is 33.6 Å². The molecule has 21 heavy (non-hydrogen) atoms. The Hall–Kier alpha value is -0.830. The molecule has 112 valence electrons. The number of rotatable bonds is 2. The van der Waals surface area contributed by atoms with Crippen LogP contribution in [-0.2, 0) is 0 Å². The van der Waals surface area contributed by atoms with Gasteiger partial charge in [0.25, 0.3) is 0 Å². The predicted molar refractivity (Wildman–Crippen MR) is 93.3 cm³/mol. The number of aliphatic hydroxyl groups is 1. The summed E-state index contributed by atoms with van der Waals surface area (Å²) in [6.45, 7) is 10.5. The number of aliphatic hydroxyl groups excluding tert-OH is 1. The lowest BCUT2D eigenvalue weighted by Gasteiger charge is -2.23. The molecule has 2 rings (SSSR count). The molecule has 0 radical (unpaired) electrons. The highest BCUT2D eigenvalue weighted by atomic mass is 79.9. The Morgan fingerprint density at radius 2 is 1.38 bits per heavy atom. The Labute approximate surface area is 140 Å². The normalized spacial score (nSPS) is 12.6. The highest BCUT2D eigenvalue weighted by molar-refractivity contribution is 9.10. The van der Waals surface area contributed by atoms with Gasteiger partial charge >= 0.3 is 0 Å². The third-order valence-corrected chi connectivity index (χ3v) is 5.41. The van der Waals surface area contributed by atoms with Crippen molar-refractivity contribution in [3.63, 3.8) is 0 Å². The van der Waals surface area contributed by atoms with Gasteiger partial charge in [0.1, 0.15) is 6.10 Å². The van der Waals surface area contributed by atoms with Crippen LogP contribution in [0.2, 0.25) is 5.02 Å². The molecule has 2 aromatic rings. The maximum atomic E-state index is 10.9. The summed E-state index contributed by atoms with van der Waals surface area (Å²) in [7, 11) is 0. The van der Waals surface area contributed by atoms with Crippen LogP contribution in [0.5, 0.6) is 0 Å². The van der Waals surface area contributed by atoms with E-state index < -0.39 is 6.10 Å². The van der Waals surface area contributed by atoms with Gasteiger partial charge in [0.2, 0.25) is 0 Å². The molecule has 3 heteroatoms. The number of hydrogen-bond donors (Lipinski definition) is 1. The lowest BCUT2D eigenvalue weighted by atomic mass is 9.85. The number of hydrogen-bond acceptors (Lipinski definition) is 1. The molecule has 2 aromatic carbocycles. The fraction of sp³-hybridized carbons (Fsp3) is 0.333. The van der Waals surface area contributed by atoms with E-state index in [1.54, 1.807) is 0 Å². The summed E-state index contributed by atoms with van der Waals surface area (Å²) in [4.78, 5) is 0. The molecule has 0 saturated carbocycles. The Kier molecular flexibility index (Phi) is 4.82. The minimum absolute atomic E-state index is 0.576. The molecule has 0 amide bonds. The first-order chi connectivity index (χ1) is 9.75. The third-order valence-electron chi connectivity index (χ3n) is 4.59. The van der Waals surface area contributed by atoms with E-state index in [0.29, 0.717) is 5.02 Å². The van der Waals surface area contributed by atoms with E-state index in [1.807, 2.05) is 18.2 Å². The van der Waals surface area contributed by atoms with E-state index in [-0.39, 0.29) is 0 Å². The van der Waals surface area contributed by atoms with Crippen LogP contribution in [0.4, 0.5) is 0 Å². The topological polar surface area (TPSA) is 20.2 Å². The second-order valence-electron chi connectivity index (χ2n) is 5.61. The molecule has 1 unspecified atom stereocenters. The Bertz CT molecular complexity index is 678. The van der Waals surface area contributed by atoms with Gasteiger partial charge < -0.3 is 5.11 Å². The molecule has 0 bridgehead atoms. The molecule has 1 nitrogen and oxygen atoms in total. The minimum Gasteiger partial charge on any atom is -0.384 e. The van der Waals surface area contributed by atoms with Gasteiger partial charge in [-0.25, -0.2) is 0 Å². The zero-order valence-corrected chi connectivity index (χ0v) is 15.4. The summed E-state index contributed by atoms with van der Waals surface area (Å²) in [6.07, 6.45) is -0.705. The van der Waals surface area contributed by atoms with Gasteiger partial charge in [0, 0.05) is 15.1 Å². The van der Waals surface area contributed by atoms with Crippen LogP contribution >= 0.6 is 27.5 Å². The van der Waals surface area contributed by atoms with Crippen molar-refractivity contribution in [2.24, 2.45) is 0 Å². The fourth-order valence-corrected chi connectivity index (χ4v) is 3.59. The Morgan fingerprint density at radius 1 is 0.905 bits per heavy atom. The van der Waals surface area contributed by atoms with Crippen molar-refractivity contribution >= 4 is 27.5 Å². The Morgan fingerprint density at radius 3 is 1.86 bits per heavy atom. The summed E-state index contributed by atoms with van der Waals surface area (Å²) < 4.78 is 0.910. The van der Waals surface area contributed by atoms with Crippen molar-refractivity contribution in [2.75, 3.05) is 0 Å². The van der Waals surface area contributed by atoms with Crippen molar-refractivity contribution < 1.29 is 5.11 Å². The van der Waals surface area contributed by atoms with Crippen molar-refractivity contribution in [3.05, 3.63) is 66.6 Å². The van der Waals surface area contributed by atoms with Crippen LogP contribution in [0.3, 0.4) is 0 Å². The number of halogens is 2. The molecule has 0 aliphatic heterocycles. The average molecular weight is 368 g/mol. The Balaban J connectivity index is 2.66. The molecule has 0 fully saturated rings. The van der Waals surface area contributed by atoms with E-state index in [1.165, 1.54) is 16.7 Å². The largest absolute Gasteiger partial charge is 0.384 e. The summed E-state index contributed by atoms with van der Waals surface area (Å²) in [6, 6.07) is 5.60. The first-order valence-corrected chi connectivity index (χ1v) is 8.12. The lowest BCUT2D eigenvalue weighted by molar-refractivity contribution is 0.218. The second kappa shape index (κ2) is 6.12. The minimum atomic E-state index is -0.705.